The van der Waals surface area contributed by atoms with E-state index in [1.807, 2.05) is 0 Å². The highest BCUT2D eigenvalue weighted by atomic mass is 35.5. The zero-order valence-corrected chi connectivity index (χ0v) is 10.1. The summed E-state index contributed by atoms with van der Waals surface area (Å²) in [6.07, 6.45) is -5.81. The molecule has 1 aromatic carbocycles. The second-order valence-electron chi connectivity index (χ2n) is 3.12. The van der Waals surface area contributed by atoms with Crippen LogP contribution in [0.1, 0.15) is 10.4 Å². The van der Waals surface area contributed by atoms with E-state index in [1.165, 1.54) is 7.05 Å². The number of carbonyl (C=O) groups is 2. The molecule has 104 valence electrons. The van der Waals surface area contributed by atoms with Crippen molar-refractivity contribution in [2.75, 3.05) is 7.05 Å². The summed E-state index contributed by atoms with van der Waals surface area (Å²) < 4.78 is 44.3. The SMILES string of the molecule is CNC(=O)Oc1ccc(OC(F)(F)F)cc1C(=O)Cl. The number of hydrogen-bond donors (Lipinski definition) is 1. The first-order valence-electron chi connectivity index (χ1n) is 4.72. The van der Waals surface area contributed by atoms with Crippen LogP contribution in [0.5, 0.6) is 11.5 Å². The monoisotopic (exact) mass is 297 g/mol. The lowest BCUT2D eigenvalue weighted by Crippen LogP contribution is -2.23. The van der Waals surface area contributed by atoms with Gasteiger partial charge in [-0.3, -0.25) is 4.79 Å². The Morgan fingerprint density at radius 1 is 1.32 bits per heavy atom. The lowest BCUT2D eigenvalue weighted by atomic mass is 10.2. The van der Waals surface area contributed by atoms with Crippen molar-refractivity contribution >= 4 is 22.9 Å². The van der Waals surface area contributed by atoms with Crippen LogP contribution in [0.25, 0.3) is 0 Å². The number of ether oxygens (including phenoxy) is 2. The molecule has 19 heavy (non-hydrogen) atoms. The molecule has 0 aliphatic carbocycles. The molecule has 0 aromatic heterocycles. The van der Waals surface area contributed by atoms with E-state index >= 15 is 0 Å². The molecule has 0 aliphatic heterocycles. The second kappa shape index (κ2) is 5.79. The van der Waals surface area contributed by atoms with Crippen molar-refractivity contribution < 1.29 is 32.2 Å². The van der Waals surface area contributed by atoms with Crippen molar-refractivity contribution in [2.24, 2.45) is 0 Å². The minimum atomic E-state index is -4.91. The molecule has 0 aliphatic rings. The minimum Gasteiger partial charge on any atom is -0.410 e. The van der Waals surface area contributed by atoms with Gasteiger partial charge in [0.05, 0.1) is 5.56 Å². The number of alkyl halides is 3. The highest BCUT2D eigenvalue weighted by Gasteiger charge is 2.31. The molecule has 0 heterocycles. The van der Waals surface area contributed by atoms with Crippen LogP contribution in [0.15, 0.2) is 18.2 Å². The number of hydrogen-bond acceptors (Lipinski definition) is 4. The van der Waals surface area contributed by atoms with Gasteiger partial charge in [-0.1, -0.05) is 0 Å². The molecule has 1 N–H and O–H groups in total. The van der Waals surface area contributed by atoms with E-state index in [9.17, 15) is 22.8 Å². The van der Waals surface area contributed by atoms with Crippen LogP contribution in [0.2, 0.25) is 0 Å². The Labute approximate surface area is 110 Å². The molecule has 0 bridgehead atoms. The first-order chi connectivity index (χ1) is 8.73. The number of halogens is 4. The Bertz CT molecular complexity index is 504. The molecule has 1 amide bonds. The number of amides is 1. The summed E-state index contributed by atoms with van der Waals surface area (Å²) in [6.45, 7) is 0. The third-order valence-corrected chi connectivity index (χ3v) is 2.01. The lowest BCUT2D eigenvalue weighted by Gasteiger charge is -2.11. The van der Waals surface area contributed by atoms with E-state index in [-0.39, 0.29) is 5.75 Å². The maximum atomic E-state index is 12.0. The van der Waals surface area contributed by atoms with Gasteiger partial charge in [-0.15, -0.1) is 13.2 Å². The number of rotatable bonds is 3. The van der Waals surface area contributed by atoms with Crippen LogP contribution < -0.4 is 14.8 Å². The van der Waals surface area contributed by atoms with Gasteiger partial charge in [0.2, 0.25) is 0 Å². The van der Waals surface area contributed by atoms with Gasteiger partial charge < -0.3 is 14.8 Å². The molecule has 0 unspecified atom stereocenters. The molecule has 5 nitrogen and oxygen atoms in total. The van der Waals surface area contributed by atoms with Gasteiger partial charge in [0.15, 0.2) is 0 Å². The van der Waals surface area contributed by atoms with E-state index in [1.54, 1.807) is 0 Å². The topological polar surface area (TPSA) is 64.6 Å². The zero-order chi connectivity index (χ0) is 14.6. The molecule has 0 spiro atoms. The molecular weight excluding hydrogens is 291 g/mol. The van der Waals surface area contributed by atoms with Crippen molar-refractivity contribution in [3.63, 3.8) is 0 Å². The minimum absolute atomic E-state index is 0.283. The smallest absolute Gasteiger partial charge is 0.410 e. The number of benzene rings is 1. The summed E-state index contributed by atoms with van der Waals surface area (Å²) in [5.74, 6) is -0.936. The number of carbonyl (C=O) groups excluding carboxylic acids is 2. The Kier molecular flexibility index (Phi) is 4.60. The van der Waals surface area contributed by atoms with Gasteiger partial charge in [-0.05, 0) is 29.8 Å². The van der Waals surface area contributed by atoms with Crippen molar-refractivity contribution in [3.8, 4) is 11.5 Å². The van der Waals surface area contributed by atoms with E-state index in [2.05, 4.69) is 14.8 Å². The predicted molar refractivity (Wildman–Crippen MR) is 58.4 cm³/mol. The Morgan fingerprint density at radius 3 is 2.42 bits per heavy atom. The van der Waals surface area contributed by atoms with Crippen LogP contribution in [-0.2, 0) is 0 Å². The van der Waals surface area contributed by atoms with E-state index in [0.29, 0.717) is 0 Å². The molecule has 0 saturated heterocycles. The molecule has 0 fully saturated rings. The third-order valence-electron chi connectivity index (χ3n) is 1.80. The van der Waals surface area contributed by atoms with Gasteiger partial charge in [0.25, 0.3) is 5.24 Å². The maximum absolute atomic E-state index is 12.0. The molecule has 0 saturated carbocycles. The second-order valence-corrected chi connectivity index (χ2v) is 3.46. The van der Waals surface area contributed by atoms with Gasteiger partial charge in [0, 0.05) is 7.05 Å². The van der Waals surface area contributed by atoms with Gasteiger partial charge in [-0.25, -0.2) is 4.79 Å². The predicted octanol–water partition coefficient (Wildman–Crippen LogP) is 2.68. The average Bonchev–Trinajstić information content (AvgIpc) is 2.28. The first-order valence-corrected chi connectivity index (χ1v) is 5.10. The Hall–Kier alpha value is -1.96. The molecular formula is C10H7ClF3NO4. The molecule has 1 aromatic rings. The van der Waals surface area contributed by atoms with Gasteiger partial charge in [0.1, 0.15) is 11.5 Å². The van der Waals surface area contributed by atoms with Crippen molar-refractivity contribution in [2.45, 2.75) is 6.36 Å². The first kappa shape index (κ1) is 15.1. The summed E-state index contributed by atoms with van der Waals surface area (Å²) in [5, 5.41) is 1.01. The van der Waals surface area contributed by atoms with E-state index in [0.717, 1.165) is 18.2 Å². The quantitative estimate of drug-likeness (QED) is 0.871. The van der Waals surface area contributed by atoms with Crippen molar-refractivity contribution in [3.05, 3.63) is 23.8 Å². The Balaban J connectivity index is 3.08. The molecule has 0 radical (unpaired) electrons. The van der Waals surface area contributed by atoms with Gasteiger partial charge in [-0.2, -0.15) is 0 Å². The van der Waals surface area contributed by atoms with Crippen LogP contribution in [0, 0.1) is 0 Å². The molecule has 9 heteroatoms. The van der Waals surface area contributed by atoms with Crippen LogP contribution >= 0.6 is 11.6 Å². The average molecular weight is 298 g/mol. The van der Waals surface area contributed by atoms with Crippen LogP contribution in [-0.4, -0.2) is 24.7 Å². The van der Waals surface area contributed by atoms with Crippen molar-refractivity contribution in [1.82, 2.24) is 5.32 Å². The fourth-order valence-electron chi connectivity index (χ4n) is 1.10. The highest BCUT2D eigenvalue weighted by molar-refractivity contribution is 6.68. The summed E-state index contributed by atoms with van der Waals surface area (Å²) in [7, 11) is 1.27. The summed E-state index contributed by atoms with van der Waals surface area (Å²) in [6, 6.07) is 2.57. The van der Waals surface area contributed by atoms with Crippen LogP contribution in [0.3, 0.4) is 0 Å². The molecule has 0 atom stereocenters. The summed E-state index contributed by atoms with van der Waals surface area (Å²) in [5.41, 5.74) is -0.424. The van der Waals surface area contributed by atoms with Gasteiger partial charge >= 0.3 is 12.5 Å². The number of nitrogens with one attached hydrogen (secondary N) is 1. The fraction of sp³-hybridized carbons (Fsp3) is 0.200. The highest BCUT2D eigenvalue weighted by Crippen LogP contribution is 2.29. The van der Waals surface area contributed by atoms with E-state index in [4.69, 9.17) is 11.6 Å². The maximum Gasteiger partial charge on any atom is 0.573 e. The fourth-order valence-corrected chi connectivity index (χ4v) is 1.25. The largest absolute Gasteiger partial charge is 0.573 e. The lowest BCUT2D eigenvalue weighted by molar-refractivity contribution is -0.274. The standard InChI is InChI=1S/C10H7ClF3NO4/c1-15-9(17)18-7-3-2-5(19-10(12,13)14)4-6(7)8(11)16/h2-4H,1H3,(H,15,17). The van der Waals surface area contributed by atoms with Crippen molar-refractivity contribution in [1.29, 1.82) is 0 Å². The summed E-state index contributed by atoms with van der Waals surface area (Å²) in [4.78, 5) is 22.0. The van der Waals surface area contributed by atoms with E-state index < -0.39 is 29.0 Å². The third kappa shape index (κ3) is 4.66. The van der Waals surface area contributed by atoms with Crippen LogP contribution in [0.4, 0.5) is 18.0 Å². The zero-order valence-electron chi connectivity index (χ0n) is 9.38. The normalized spacial score (nSPS) is 10.8. The summed E-state index contributed by atoms with van der Waals surface area (Å²) >= 11 is 5.19. The molecule has 1 rings (SSSR count). The Morgan fingerprint density at radius 2 is 1.95 bits per heavy atom.